The van der Waals surface area contributed by atoms with Gasteiger partial charge < -0.3 is 24.2 Å². The summed E-state index contributed by atoms with van der Waals surface area (Å²) in [5.74, 6) is 0.498. The van der Waals surface area contributed by atoms with Crippen LogP contribution in [-0.4, -0.2) is 48.3 Å². The van der Waals surface area contributed by atoms with E-state index in [0.29, 0.717) is 36.4 Å². The quantitative estimate of drug-likeness (QED) is 0.771. The van der Waals surface area contributed by atoms with Gasteiger partial charge in [0.25, 0.3) is 5.91 Å². The van der Waals surface area contributed by atoms with Gasteiger partial charge in [0, 0.05) is 32.3 Å². The average molecular weight is 438 g/mol. The highest BCUT2D eigenvalue weighted by Gasteiger charge is 2.43. The van der Waals surface area contributed by atoms with Crippen LogP contribution in [0.15, 0.2) is 28.8 Å². The van der Waals surface area contributed by atoms with Crippen LogP contribution in [0.5, 0.6) is 5.75 Å². The minimum absolute atomic E-state index is 0.0175. The van der Waals surface area contributed by atoms with Gasteiger partial charge in [-0.25, -0.2) is 9.18 Å². The van der Waals surface area contributed by atoms with Gasteiger partial charge >= 0.3 is 6.09 Å². The van der Waals surface area contributed by atoms with E-state index < -0.39 is 11.9 Å². The highest BCUT2D eigenvalue weighted by molar-refractivity contribution is 6.30. The Morgan fingerprint density at radius 3 is 2.70 bits per heavy atom. The Kier molecular flexibility index (Phi) is 5.80. The molecular weight excluding hydrogens is 417 g/mol. The first-order valence-electron chi connectivity index (χ1n) is 9.64. The summed E-state index contributed by atoms with van der Waals surface area (Å²) in [4.78, 5) is 25.5. The SMILES string of the molecule is CNC(=O)c1cc(COC(=O)N2C[C@H]3CC(Oc4ccc(Cl)c(F)c4)C[C@H]3C2)on1. The number of ether oxygens (including phenoxy) is 2. The van der Waals surface area contributed by atoms with Crippen molar-refractivity contribution in [1.82, 2.24) is 15.4 Å². The van der Waals surface area contributed by atoms with Crippen LogP contribution in [0.1, 0.15) is 29.1 Å². The highest BCUT2D eigenvalue weighted by Crippen LogP contribution is 2.40. The fourth-order valence-corrected chi connectivity index (χ4v) is 4.19. The second kappa shape index (κ2) is 8.51. The summed E-state index contributed by atoms with van der Waals surface area (Å²) in [5.41, 5.74) is 0.130. The van der Waals surface area contributed by atoms with E-state index in [2.05, 4.69) is 10.5 Å². The molecule has 1 aromatic heterocycles. The number of aromatic nitrogens is 1. The standard InChI is InChI=1S/C20H21ClFN3O5/c1-23-19(26)18-7-15(30-24-18)10-28-20(27)25-8-11-4-14(5-12(11)9-25)29-13-2-3-16(21)17(22)6-13/h2-3,6-7,11-12,14H,4-5,8-10H2,1H3,(H,23,26)/t11-,12+,14?. The smallest absolute Gasteiger partial charge is 0.410 e. The van der Waals surface area contributed by atoms with Crippen molar-refractivity contribution in [3.8, 4) is 5.75 Å². The molecule has 160 valence electrons. The Bertz CT molecular complexity index is 938. The van der Waals surface area contributed by atoms with E-state index in [1.165, 1.54) is 25.2 Å². The molecule has 30 heavy (non-hydrogen) atoms. The van der Waals surface area contributed by atoms with Crippen molar-refractivity contribution in [2.45, 2.75) is 25.6 Å². The normalized spacial score (nSPS) is 22.6. The largest absolute Gasteiger partial charge is 0.490 e. The number of carbonyl (C=O) groups is 2. The Hall–Kier alpha value is -2.81. The molecule has 1 saturated heterocycles. The van der Waals surface area contributed by atoms with E-state index in [1.54, 1.807) is 11.0 Å². The summed E-state index contributed by atoms with van der Waals surface area (Å²) < 4.78 is 29.8. The van der Waals surface area contributed by atoms with Gasteiger partial charge in [-0.05, 0) is 36.8 Å². The molecule has 0 spiro atoms. The summed E-state index contributed by atoms with van der Waals surface area (Å²) in [6, 6.07) is 5.86. The van der Waals surface area contributed by atoms with Gasteiger partial charge in [0.1, 0.15) is 11.6 Å². The maximum atomic E-state index is 13.6. The average Bonchev–Trinajstić information content (AvgIpc) is 3.43. The number of nitrogens with one attached hydrogen (secondary N) is 1. The van der Waals surface area contributed by atoms with Crippen LogP contribution in [0, 0.1) is 17.7 Å². The fraction of sp³-hybridized carbons (Fsp3) is 0.450. The lowest BCUT2D eigenvalue weighted by Crippen LogP contribution is -2.31. The van der Waals surface area contributed by atoms with Crippen molar-refractivity contribution >= 4 is 23.6 Å². The monoisotopic (exact) mass is 437 g/mol. The number of hydrogen-bond donors (Lipinski definition) is 1. The summed E-state index contributed by atoms with van der Waals surface area (Å²) in [6.45, 7) is 1.07. The molecule has 1 aliphatic carbocycles. The molecule has 2 aromatic rings. The second-order valence-corrected chi connectivity index (χ2v) is 7.93. The molecule has 1 aliphatic heterocycles. The van der Waals surface area contributed by atoms with Crippen LogP contribution in [0.3, 0.4) is 0 Å². The fourth-order valence-electron chi connectivity index (χ4n) is 4.07. The number of likely N-dealkylation sites (tertiary alicyclic amines) is 1. The number of amides is 2. The Morgan fingerprint density at radius 2 is 2.03 bits per heavy atom. The van der Waals surface area contributed by atoms with Crippen molar-refractivity contribution in [3.05, 3.63) is 46.6 Å². The first-order valence-corrected chi connectivity index (χ1v) is 10.0. The van der Waals surface area contributed by atoms with Crippen molar-refractivity contribution < 1.29 is 28.0 Å². The lowest BCUT2D eigenvalue weighted by atomic mass is 10.0. The molecule has 10 heteroatoms. The first-order chi connectivity index (χ1) is 14.4. The molecule has 8 nitrogen and oxygen atoms in total. The first kappa shape index (κ1) is 20.5. The van der Waals surface area contributed by atoms with Crippen LogP contribution in [-0.2, 0) is 11.3 Å². The van der Waals surface area contributed by atoms with E-state index in [-0.39, 0.29) is 29.3 Å². The molecule has 1 unspecified atom stereocenters. The third-order valence-electron chi connectivity index (χ3n) is 5.52. The summed E-state index contributed by atoms with van der Waals surface area (Å²) >= 11 is 5.70. The van der Waals surface area contributed by atoms with Gasteiger partial charge in [-0.2, -0.15) is 0 Å². The molecule has 2 aliphatic rings. The zero-order valence-electron chi connectivity index (χ0n) is 16.3. The van der Waals surface area contributed by atoms with Crippen molar-refractivity contribution in [2.24, 2.45) is 11.8 Å². The maximum Gasteiger partial charge on any atom is 0.410 e. The highest BCUT2D eigenvalue weighted by atomic mass is 35.5. The van der Waals surface area contributed by atoms with Crippen LogP contribution >= 0.6 is 11.6 Å². The number of halogens is 2. The van der Waals surface area contributed by atoms with Gasteiger partial charge in [0.15, 0.2) is 18.1 Å². The third kappa shape index (κ3) is 4.35. The van der Waals surface area contributed by atoms with Gasteiger partial charge in [0.05, 0.1) is 11.1 Å². The second-order valence-electron chi connectivity index (χ2n) is 7.52. The minimum Gasteiger partial charge on any atom is -0.490 e. The molecule has 0 bridgehead atoms. The lowest BCUT2D eigenvalue weighted by molar-refractivity contribution is 0.0896. The lowest BCUT2D eigenvalue weighted by Gasteiger charge is -2.19. The Labute approximate surface area is 177 Å². The molecule has 1 N–H and O–H groups in total. The predicted octanol–water partition coefficient (Wildman–Crippen LogP) is 3.25. The van der Waals surface area contributed by atoms with E-state index >= 15 is 0 Å². The zero-order valence-corrected chi connectivity index (χ0v) is 17.0. The summed E-state index contributed by atoms with van der Waals surface area (Å²) in [5, 5.41) is 6.13. The predicted molar refractivity (Wildman–Crippen MR) is 104 cm³/mol. The Balaban J connectivity index is 1.24. The maximum absolute atomic E-state index is 13.6. The molecule has 0 radical (unpaired) electrons. The molecule has 2 amide bonds. The van der Waals surface area contributed by atoms with E-state index in [0.717, 1.165) is 12.8 Å². The number of hydrogen-bond acceptors (Lipinski definition) is 6. The van der Waals surface area contributed by atoms with Crippen LogP contribution in [0.4, 0.5) is 9.18 Å². The number of benzene rings is 1. The molecule has 1 saturated carbocycles. The minimum atomic E-state index is -0.504. The third-order valence-corrected chi connectivity index (χ3v) is 5.82. The van der Waals surface area contributed by atoms with E-state index in [1.807, 2.05) is 0 Å². The molecule has 1 aromatic carbocycles. The molecule has 4 rings (SSSR count). The molecule has 3 atom stereocenters. The van der Waals surface area contributed by atoms with Gasteiger partial charge in [-0.15, -0.1) is 0 Å². The number of carbonyl (C=O) groups excluding carboxylic acids is 2. The van der Waals surface area contributed by atoms with E-state index in [4.69, 9.17) is 25.6 Å². The summed E-state index contributed by atoms with van der Waals surface area (Å²) in [7, 11) is 1.49. The van der Waals surface area contributed by atoms with Crippen LogP contribution in [0.2, 0.25) is 5.02 Å². The van der Waals surface area contributed by atoms with Crippen molar-refractivity contribution in [3.63, 3.8) is 0 Å². The molecular formula is C20H21ClFN3O5. The topological polar surface area (TPSA) is 93.9 Å². The molecule has 2 fully saturated rings. The van der Waals surface area contributed by atoms with Crippen LogP contribution in [0.25, 0.3) is 0 Å². The summed E-state index contributed by atoms with van der Waals surface area (Å²) in [6.07, 6.45) is 1.13. The Morgan fingerprint density at radius 1 is 1.30 bits per heavy atom. The zero-order chi connectivity index (χ0) is 21.3. The van der Waals surface area contributed by atoms with Crippen LogP contribution < -0.4 is 10.1 Å². The molecule has 2 heterocycles. The van der Waals surface area contributed by atoms with Gasteiger partial charge in [-0.3, -0.25) is 4.79 Å². The van der Waals surface area contributed by atoms with Gasteiger partial charge in [-0.1, -0.05) is 16.8 Å². The number of rotatable bonds is 5. The number of fused-ring (bicyclic) bond motifs is 1. The van der Waals surface area contributed by atoms with Gasteiger partial charge in [0.2, 0.25) is 0 Å². The number of nitrogens with zero attached hydrogens (tertiary/aromatic N) is 2. The van der Waals surface area contributed by atoms with Crippen molar-refractivity contribution in [2.75, 3.05) is 20.1 Å². The van der Waals surface area contributed by atoms with E-state index in [9.17, 15) is 14.0 Å². The van der Waals surface area contributed by atoms with Crippen molar-refractivity contribution in [1.29, 1.82) is 0 Å².